The molecule has 3 N–H and O–H groups in total. The van der Waals surface area contributed by atoms with Crippen LogP contribution in [0.3, 0.4) is 0 Å². The molecule has 0 spiro atoms. The molecule has 0 radical (unpaired) electrons. The van der Waals surface area contributed by atoms with Crippen molar-refractivity contribution in [1.82, 2.24) is 0 Å². The molecule has 1 aromatic carbocycles. The van der Waals surface area contributed by atoms with Crippen molar-refractivity contribution in [3.05, 3.63) is 18.2 Å². The number of nitrogen functional groups attached to an aromatic ring is 1. The van der Waals surface area contributed by atoms with Gasteiger partial charge in [-0.15, -0.1) is 11.8 Å². The van der Waals surface area contributed by atoms with E-state index in [1.165, 1.54) is 0 Å². The van der Waals surface area contributed by atoms with Crippen molar-refractivity contribution in [3.63, 3.8) is 0 Å². The quantitative estimate of drug-likeness (QED) is 0.787. The number of hydrogen-bond donors (Lipinski definition) is 2. The van der Waals surface area contributed by atoms with Crippen LogP contribution in [-0.4, -0.2) is 24.0 Å². The summed E-state index contributed by atoms with van der Waals surface area (Å²) in [6.07, 6.45) is 0. The van der Waals surface area contributed by atoms with E-state index >= 15 is 0 Å². The third kappa shape index (κ3) is 5.03. The molecule has 0 heterocycles. The number of nitrogens with one attached hydrogen (secondary N) is 1. The molecule has 1 aromatic rings. The molecule has 106 valence electrons. The molecule has 1 amide bonds. The molecule has 0 aromatic heterocycles. The highest BCUT2D eigenvalue weighted by molar-refractivity contribution is 8.00. The van der Waals surface area contributed by atoms with E-state index in [9.17, 15) is 4.79 Å². The third-order valence-electron chi connectivity index (χ3n) is 2.95. The van der Waals surface area contributed by atoms with Gasteiger partial charge in [0, 0.05) is 11.3 Å². The molecule has 1 unspecified atom stereocenters. The maximum Gasteiger partial charge on any atom is 0.234 e. The first-order chi connectivity index (χ1) is 8.93. The highest BCUT2D eigenvalue weighted by Crippen LogP contribution is 2.24. The van der Waals surface area contributed by atoms with Gasteiger partial charge in [0.1, 0.15) is 5.75 Å². The van der Waals surface area contributed by atoms with Crippen LogP contribution in [0.5, 0.6) is 5.75 Å². The van der Waals surface area contributed by atoms with Crippen LogP contribution in [0, 0.1) is 5.92 Å². The zero-order chi connectivity index (χ0) is 14.4. The van der Waals surface area contributed by atoms with Crippen LogP contribution in [0.15, 0.2) is 18.2 Å². The van der Waals surface area contributed by atoms with Gasteiger partial charge in [0.05, 0.1) is 24.2 Å². The Morgan fingerprint density at radius 1 is 1.42 bits per heavy atom. The first kappa shape index (κ1) is 15.7. The van der Waals surface area contributed by atoms with Crippen LogP contribution in [-0.2, 0) is 4.79 Å². The van der Waals surface area contributed by atoms with Crippen molar-refractivity contribution in [2.45, 2.75) is 26.0 Å². The highest BCUT2D eigenvalue weighted by atomic mass is 32.2. The average Bonchev–Trinajstić information content (AvgIpc) is 2.38. The molecular weight excluding hydrogens is 260 g/mol. The van der Waals surface area contributed by atoms with Gasteiger partial charge in [-0.25, -0.2) is 0 Å². The smallest absolute Gasteiger partial charge is 0.234 e. The van der Waals surface area contributed by atoms with E-state index < -0.39 is 0 Å². The number of hydrogen-bond acceptors (Lipinski definition) is 4. The molecule has 4 nitrogen and oxygen atoms in total. The molecule has 0 saturated carbocycles. The zero-order valence-electron chi connectivity index (χ0n) is 11.9. The van der Waals surface area contributed by atoms with Crippen molar-refractivity contribution < 1.29 is 9.53 Å². The van der Waals surface area contributed by atoms with E-state index in [4.69, 9.17) is 10.5 Å². The lowest BCUT2D eigenvalue weighted by atomic mass is 10.2. The maximum atomic E-state index is 11.8. The minimum atomic E-state index is -0.0330. The molecule has 19 heavy (non-hydrogen) atoms. The maximum absolute atomic E-state index is 11.8. The van der Waals surface area contributed by atoms with E-state index in [0.29, 0.717) is 34.0 Å². The normalized spacial score (nSPS) is 12.3. The molecular formula is C14H22N2O2S. The SMILES string of the molecule is COc1ccc(NC(=O)CSC(C)C(C)C)c(N)c1. The summed E-state index contributed by atoms with van der Waals surface area (Å²) in [4.78, 5) is 11.8. The van der Waals surface area contributed by atoms with Gasteiger partial charge < -0.3 is 15.8 Å². The number of nitrogens with two attached hydrogens (primary N) is 1. The predicted molar refractivity (Wildman–Crippen MR) is 82.8 cm³/mol. The first-order valence-electron chi connectivity index (χ1n) is 6.29. The Bertz CT molecular complexity index is 435. The summed E-state index contributed by atoms with van der Waals surface area (Å²) in [6.45, 7) is 6.43. The Morgan fingerprint density at radius 3 is 2.63 bits per heavy atom. The molecule has 0 aliphatic rings. The summed E-state index contributed by atoms with van der Waals surface area (Å²) >= 11 is 1.65. The molecule has 0 fully saturated rings. The van der Waals surface area contributed by atoms with E-state index in [-0.39, 0.29) is 5.91 Å². The summed E-state index contributed by atoms with van der Waals surface area (Å²) in [5.41, 5.74) is 6.99. The van der Waals surface area contributed by atoms with Crippen LogP contribution in [0.4, 0.5) is 11.4 Å². The number of thioether (sulfide) groups is 1. The lowest BCUT2D eigenvalue weighted by Crippen LogP contribution is -2.18. The second-order valence-corrected chi connectivity index (χ2v) is 6.13. The standard InChI is InChI=1S/C14H22N2O2S/c1-9(2)10(3)19-8-14(17)16-13-6-5-11(18-4)7-12(13)15/h5-7,9-10H,8,15H2,1-4H3,(H,16,17). The third-order valence-corrected chi connectivity index (χ3v) is 4.45. The van der Waals surface area contributed by atoms with Gasteiger partial charge in [-0.3, -0.25) is 4.79 Å². The van der Waals surface area contributed by atoms with Crippen molar-refractivity contribution in [3.8, 4) is 5.75 Å². The van der Waals surface area contributed by atoms with Crippen molar-refractivity contribution in [1.29, 1.82) is 0 Å². The predicted octanol–water partition coefficient (Wildman–Crippen LogP) is 2.99. The van der Waals surface area contributed by atoms with Crippen LogP contribution >= 0.6 is 11.8 Å². The van der Waals surface area contributed by atoms with E-state index in [1.807, 2.05) is 0 Å². The van der Waals surface area contributed by atoms with Crippen LogP contribution in [0.1, 0.15) is 20.8 Å². The van der Waals surface area contributed by atoms with Crippen molar-refractivity contribution in [2.24, 2.45) is 5.92 Å². The molecule has 1 atom stereocenters. The summed E-state index contributed by atoms with van der Waals surface area (Å²) in [5.74, 6) is 1.64. The number of anilines is 2. The molecule has 0 bridgehead atoms. The van der Waals surface area contributed by atoms with Gasteiger partial charge in [0.25, 0.3) is 0 Å². The first-order valence-corrected chi connectivity index (χ1v) is 7.34. The average molecular weight is 282 g/mol. The fourth-order valence-electron chi connectivity index (χ4n) is 1.37. The van der Waals surface area contributed by atoms with E-state index in [1.54, 1.807) is 37.1 Å². The lowest BCUT2D eigenvalue weighted by Gasteiger charge is -2.15. The molecule has 0 aliphatic carbocycles. The van der Waals surface area contributed by atoms with E-state index in [0.717, 1.165) is 0 Å². The highest BCUT2D eigenvalue weighted by Gasteiger charge is 2.11. The fraction of sp³-hybridized carbons (Fsp3) is 0.500. The number of carbonyl (C=O) groups excluding carboxylic acids is 1. The van der Waals surface area contributed by atoms with Crippen LogP contribution in [0.2, 0.25) is 0 Å². The van der Waals surface area contributed by atoms with Gasteiger partial charge in [-0.2, -0.15) is 0 Å². The van der Waals surface area contributed by atoms with E-state index in [2.05, 4.69) is 26.1 Å². The van der Waals surface area contributed by atoms with Gasteiger partial charge in [-0.1, -0.05) is 20.8 Å². The second-order valence-electron chi connectivity index (χ2n) is 4.76. The van der Waals surface area contributed by atoms with Gasteiger partial charge in [0.2, 0.25) is 5.91 Å². The summed E-state index contributed by atoms with van der Waals surface area (Å²) in [7, 11) is 1.58. The number of benzene rings is 1. The van der Waals surface area contributed by atoms with Crippen LogP contribution < -0.4 is 15.8 Å². The Labute approximate surface area is 119 Å². The van der Waals surface area contributed by atoms with Gasteiger partial charge >= 0.3 is 0 Å². The van der Waals surface area contributed by atoms with Gasteiger partial charge in [-0.05, 0) is 18.1 Å². The zero-order valence-corrected chi connectivity index (χ0v) is 12.7. The van der Waals surface area contributed by atoms with Gasteiger partial charge in [0.15, 0.2) is 0 Å². The number of amides is 1. The lowest BCUT2D eigenvalue weighted by molar-refractivity contribution is -0.113. The Kier molecular flexibility index (Phi) is 6.02. The molecule has 5 heteroatoms. The number of methoxy groups -OCH3 is 1. The molecule has 0 aliphatic heterocycles. The topological polar surface area (TPSA) is 64.3 Å². The monoisotopic (exact) mass is 282 g/mol. The Balaban J connectivity index is 2.53. The number of carbonyl (C=O) groups is 1. The number of ether oxygens (including phenoxy) is 1. The molecule has 1 rings (SSSR count). The fourth-order valence-corrected chi connectivity index (χ4v) is 2.24. The van der Waals surface area contributed by atoms with Crippen LogP contribution in [0.25, 0.3) is 0 Å². The Morgan fingerprint density at radius 2 is 2.11 bits per heavy atom. The summed E-state index contributed by atoms with van der Waals surface area (Å²) in [5, 5.41) is 3.27. The summed E-state index contributed by atoms with van der Waals surface area (Å²) in [6, 6.07) is 5.22. The Hall–Kier alpha value is -1.36. The molecule has 0 saturated heterocycles. The van der Waals surface area contributed by atoms with Crippen molar-refractivity contribution in [2.75, 3.05) is 23.9 Å². The summed E-state index contributed by atoms with van der Waals surface area (Å²) < 4.78 is 5.06. The number of rotatable bonds is 6. The second kappa shape index (κ2) is 7.28. The van der Waals surface area contributed by atoms with Crippen molar-refractivity contribution >= 4 is 29.0 Å². The largest absolute Gasteiger partial charge is 0.497 e. The minimum absolute atomic E-state index is 0.0330. The minimum Gasteiger partial charge on any atom is -0.497 e.